The summed E-state index contributed by atoms with van der Waals surface area (Å²) in [5, 5.41) is 0.530. The van der Waals surface area contributed by atoms with E-state index < -0.39 is 0 Å². The average Bonchev–Trinajstić information content (AvgIpc) is 2.08. The smallest absolute Gasteiger partial charge is 0.132 e. The monoisotopic (exact) mass is 212 g/mol. The standard InChI is InChI=1S/C12H18ClN/c1-7-8(2)11(13)14-9(3)10(7)12(4,5)6/h1-6H3/i1D. The van der Waals surface area contributed by atoms with Crippen LogP contribution in [-0.2, 0) is 5.41 Å². The average molecular weight is 213 g/mol. The molecule has 0 atom stereocenters. The molecule has 1 rings (SSSR count). The predicted octanol–water partition coefficient (Wildman–Crippen LogP) is 3.96. The fourth-order valence-corrected chi connectivity index (χ4v) is 2.05. The zero-order valence-electron chi connectivity index (χ0n) is 10.5. The van der Waals surface area contributed by atoms with Gasteiger partial charge in [0.25, 0.3) is 0 Å². The molecule has 0 saturated carbocycles. The molecular weight excluding hydrogens is 194 g/mol. The van der Waals surface area contributed by atoms with Gasteiger partial charge in [-0.1, -0.05) is 32.4 Å². The van der Waals surface area contributed by atoms with Crippen molar-refractivity contribution in [2.24, 2.45) is 0 Å². The fourth-order valence-electron chi connectivity index (χ4n) is 1.81. The lowest BCUT2D eigenvalue weighted by Crippen LogP contribution is -2.17. The summed E-state index contributed by atoms with van der Waals surface area (Å²) in [4.78, 5) is 4.33. The van der Waals surface area contributed by atoms with Gasteiger partial charge in [-0.2, -0.15) is 0 Å². The SMILES string of the molecule is [2H]Cc1c(C)c(Cl)nc(C)c1C(C)(C)C. The molecule has 0 bridgehead atoms. The predicted molar refractivity (Wildman–Crippen MR) is 62.2 cm³/mol. The van der Waals surface area contributed by atoms with E-state index >= 15 is 0 Å². The Hall–Kier alpha value is -0.560. The number of hydrogen-bond donors (Lipinski definition) is 0. The Balaban J connectivity index is 3.57. The van der Waals surface area contributed by atoms with Gasteiger partial charge in [-0.25, -0.2) is 4.98 Å². The molecule has 0 aliphatic heterocycles. The summed E-state index contributed by atoms with van der Waals surface area (Å²) in [7, 11) is 0. The second kappa shape index (κ2) is 3.54. The van der Waals surface area contributed by atoms with Gasteiger partial charge in [-0.3, -0.25) is 0 Å². The van der Waals surface area contributed by atoms with Crippen molar-refractivity contribution < 1.29 is 1.37 Å². The largest absolute Gasteiger partial charge is 0.241 e. The summed E-state index contributed by atoms with van der Waals surface area (Å²) in [5.41, 5.74) is 4.10. The van der Waals surface area contributed by atoms with Crippen LogP contribution in [0.4, 0.5) is 0 Å². The first kappa shape index (κ1) is 9.97. The summed E-state index contributed by atoms with van der Waals surface area (Å²) < 4.78 is 7.61. The van der Waals surface area contributed by atoms with Crippen molar-refractivity contribution in [3.63, 3.8) is 0 Å². The third-order valence-electron chi connectivity index (χ3n) is 2.44. The molecule has 14 heavy (non-hydrogen) atoms. The highest BCUT2D eigenvalue weighted by Crippen LogP contribution is 2.31. The Morgan fingerprint density at radius 1 is 1.21 bits per heavy atom. The molecule has 0 aliphatic rings. The Kier molecular flexibility index (Phi) is 2.52. The zero-order chi connectivity index (χ0) is 11.8. The van der Waals surface area contributed by atoms with Crippen molar-refractivity contribution in [1.82, 2.24) is 4.98 Å². The van der Waals surface area contributed by atoms with Crippen molar-refractivity contribution in [2.45, 2.75) is 46.9 Å². The highest BCUT2D eigenvalue weighted by Gasteiger charge is 2.21. The first-order valence-corrected chi connectivity index (χ1v) is 5.12. The van der Waals surface area contributed by atoms with Crippen molar-refractivity contribution in [1.29, 1.82) is 0 Å². The molecule has 0 radical (unpaired) electrons. The fraction of sp³-hybridized carbons (Fsp3) is 0.583. The molecular formula is C12H18ClN. The second-order valence-corrected chi connectivity index (χ2v) is 5.07. The molecule has 0 amide bonds. The summed E-state index contributed by atoms with van der Waals surface area (Å²) in [6.45, 7) is 10.6. The van der Waals surface area contributed by atoms with Gasteiger partial charge in [-0.15, -0.1) is 0 Å². The van der Waals surface area contributed by atoms with Crippen molar-refractivity contribution in [2.75, 3.05) is 0 Å². The van der Waals surface area contributed by atoms with E-state index in [4.69, 9.17) is 13.0 Å². The van der Waals surface area contributed by atoms with E-state index in [9.17, 15) is 0 Å². The molecule has 0 N–H and O–H groups in total. The molecule has 0 saturated heterocycles. The van der Waals surface area contributed by atoms with Gasteiger partial charge < -0.3 is 0 Å². The number of halogens is 1. The van der Waals surface area contributed by atoms with Crippen LogP contribution in [0.5, 0.6) is 0 Å². The molecule has 1 nitrogen and oxygen atoms in total. The van der Waals surface area contributed by atoms with Crippen molar-refractivity contribution >= 4 is 11.6 Å². The highest BCUT2D eigenvalue weighted by atomic mass is 35.5. The lowest BCUT2D eigenvalue weighted by atomic mass is 9.82. The number of rotatable bonds is 0. The zero-order valence-corrected chi connectivity index (χ0v) is 10.3. The van der Waals surface area contributed by atoms with Crippen LogP contribution >= 0.6 is 11.6 Å². The topological polar surface area (TPSA) is 12.9 Å². The van der Waals surface area contributed by atoms with Crippen molar-refractivity contribution in [3.05, 3.63) is 27.5 Å². The third-order valence-corrected chi connectivity index (χ3v) is 2.81. The molecule has 1 aromatic rings. The van der Waals surface area contributed by atoms with Crippen LogP contribution in [-0.4, -0.2) is 4.98 Å². The van der Waals surface area contributed by atoms with E-state index in [0.29, 0.717) is 5.15 Å². The summed E-state index contributed by atoms with van der Waals surface area (Å²) in [5.74, 6) is 0. The lowest BCUT2D eigenvalue weighted by molar-refractivity contribution is 0.577. The molecule has 0 unspecified atom stereocenters. The number of nitrogens with zero attached hydrogens (tertiary/aromatic N) is 1. The number of aromatic nitrogens is 1. The quantitative estimate of drug-likeness (QED) is 0.594. The van der Waals surface area contributed by atoms with Crippen LogP contribution in [0.2, 0.25) is 5.15 Å². The van der Waals surface area contributed by atoms with E-state index in [1.165, 1.54) is 5.56 Å². The maximum Gasteiger partial charge on any atom is 0.132 e. The first-order chi connectivity index (χ1) is 6.79. The van der Waals surface area contributed by atoms with Gasteiger partial charge in [0.15, 0.2) is 0 Å². The van der Waals surface area contributed by atoms with Crippen molar-refractivity contribution in [3.8, 4) is 0 Å². The molecule has 1 heterocycles. The van der Waals surface area contributed by atoms with Gasteiger partial charge in [-0.05, 0) is 42.9 Å². The minimum atomic E-state index is 0.0167. The van der Waals surface area contributed by atoms with E-state index in [0.717, 1.165) is 16.8 Å². The molecule has 2 heteroatoms. The number of aryl methyl sites for hydroxylation is 1. The Morgan fingerprint density at radius 2 is 1.79 bits per heavy atom. The van der Waals surface area contributed by atoms with Gasteiger partial charge in [0.05, 0.1) is 0 Å². The van der Waals surface area contributed by atoms with Crippen LogP contribution in [0, 0.1) is 20.7 Å². The molecule has 0 fully saturated rings. The lowest BCUT2D eigenvalue weighted by Gasteiger charge is -2.25. The van der Waals surface area contributed by atoms with Gasteiger partial charge in [0, 0.05) is 7.06 Å². The van der Waals surface area contributed by atoms with E-state index in [-0.39, 0.29) is 12.3 Å². The maximum absolute atomic E-state index is 7.61. The van der Waals surface area contributed by atoms with Gasteiger partial charge in [0.2, 0.25) is 0 Å². The Morgan fingerprint density at radius 3 is 2.21 bits per heavy atom. The minimum absolute atomic E-state index is 0.0167. The Bertz CT molecular complexity index is 380. The van der Waals surface area contributed by atoms with E-state index in [2.05, 4.69) is 25.8 Å². The minimum Gasteiger partial charge on any atom is -0.241 e. The summed E-state index contributed by atoms with van der Waals surface area (Å²) >= 11 is 6.03. The van der Waals surface area contributed by atoms with Gasteiger partial charge in [0.1, 0.15) is 5.15 Å². The van der Waals surface area contributed by atoms with Crippen LogP contribution in [0.15, 0.2) is 0 Å². The normalized spacial score (nSPS) is 12.9. The summed E-state index contributed by atoms with van der Waals surface area (Å²) in [6, 6.07) is 0. The molecule has 0 spiro atoms. The number of hydrogen-bond acceptors (Lipinski definition) is 1. The van der Waals surface area contributed by atoms with Crippen LogP contribution in [0.3, 0.4) is 0 Å². The molecule has 0 aliphatic carbocycles. The van der Waals surface area contributed by atoms with Crippen LogP contribution < -0.4 is 0 Å². The number of pyridine rings is 1. The van der Waals surface area contributed by atoms with E-state index in [1.54, 1.807) is 0 Å². The van der Waals surface area contributed by atoms with E-state index in [1.807, 2.05) is 13.8 Å². The van der Waals surface area contributed by atoms with Crippen LogP contribution in [0.25, 0.3) is 0 Å². The van der Waals surface area contributed by atoms with Crippen LogP contribution in [0.1, 0.15) is 44.5 Å². The highest BCUT2D eigenvalue weighted by molar-refractivity contribution is 6.30. The Labute approximate surface area is 92.9 Å². The third kappa shape index (κ3) is 1.93. The maximum atomic E-state index is 7.61. The molecule has 0 aromatic carbocycles. The molecule has 78 valence electrons. The van der Waals surface area contributed by atoms with Gasteiger partial charge >= 0.3 is 0 Å². The molecule has 1 aromatic heterocycles. The second-order valence-electron chi connectivity index (χ2n) is 4.72. The first-order valence-electron chi connectivity index (χ1n) is 5.45. The summed E-state index contributed by atoms with van der Waals surface area (Å²) in [6.07, 6.45) is 0.